The predicted molar refractivity (Wildman–Crippen MR) is 122 cm³/mol. The van der Waals surface area contributed by atoms with Gasteiger partial charge in [-0.25, -0.2) is 0 Å². The summed E-state index contributed by atoms with van der Waals surface area (Å²) in [7, 11) is 0. The molecule has 6 nitrogen and oxygen atoms in total. The zero-order chi connectivity index (χ0) is 21.2. The SMILES string of the molecule is CCOc1ccccc1NC(=O)C(Sc1nnc(C2CC2)n1C1CC1)c1ccccc1. The molecular formula is C24H26N4O2S. The molecule has 1 N–H and O–H groups in total. The molecule has 0 spiro atoms. The number of carbonyl (C=O) groups excluding carboxylic acids is 1. The Morgan fingerprint density at radius 3 is 2.55 bits per heavy atom. The molecule has 1 aromatic heterocycles. The van der Waals surface area contributed by atoms with Gasteiger partial charge in [0.15, 0.2) is 5.16 Å². The first-order valence-corrected chi connectivity index (χ1v) is 11.8. The molecule has 5 rings (SSSR count). The maximum absolute atomic E-state index is 13.5. The molecule has 1 atom stereocenters. The van der Waals surface area contributed by atoms with Crippen LogP contribution < -0.4 is 10.1 Å². The van der Waals surface area contributed by atoms with Crippen molar-refractivity contribution in [3.63, 3.8) is 0 Å². The minimum absolute atomic E-state index is 0.0957. The molecule has 1 amide bonds. The minimum Gasteiger partial charge on any atom is -0.492 e. The number of thioether (sulfide) groups is 1. The molecule has 2 aliphatic rings. The molecular weight excluding hydrogens is 408 g/mol. The minimum atomic E-state index is -0.440. The average molecular weight is 435 g/mol. The van der Waals surface area contributed by atoms with Gasteiger partial charge in [-0.3, -0.25) is 4.79 Å². The fourth-order valence-electron chi connectivity index (χ4n) is 3.72. The lowest BCUT2D eigenvalue weighted by molar-refractivity contribution is -0.115. The molecule has 2 aromatic carbocycles. The molecule has 0 aliphatic heterocycles. The molecule has 160 valence electrons. The topological polar surface area (TPSA) is 69.0 Å². The van der Waals surface area contributed by atoms with Gasteiger partial charge >= 0.3 is 0 Å². The highest BCUT2D eigenvalue weighted by Crippen LogP contribution is 2.47. The molecule has 2 fully saturated rings. The summed E-state index contributed by atoms with van der Waals surface area (Å²) in [4.78, 5) is 13.5. The number of rotatable bonds is 9. The Morgan fingerprint density at radius 1 is 1.10 bits per heavy atom. The Morgan fingerprint density at radius 2 is 1.84 bits per heavy atom. The number of anilines is 1. The highest BCUT2D eigenvalue weighted by atomic mass is 32.2. The Balaban J connectivity index is 1.44. The number of hydrogen-bond donors (Lipinski definition) is 1. The fourth-order valence-corrected chi connectivity index (χ4v) is 4.83. The van der Waals surface area contributed by atoms with E-state index in [4.69, 9.17) is 4.74 Å². The Kier molecular flexibility index (Phi) is 5.68. The molecule has 1 unspecified atom stereocenters. The molecule has 7 heteroatoms. The molecule has 3 aromatic rings. The summed E-state index contributed by atoms with van der Waals surface area (Å²) in [6.45, 7) is 2.47. The molecule has 0 saturated heterocycles. The molecule has 2 saturated carbocycles. The summed E-state index contributed by atoms with van der Waals surface area (Å²) >= 11 is 1.49. The maximum atomic E-state index is 13.5. The summed E-state index contributed by atoms with van der Waals surface area (Å²) in [5, 5.41) is 12.5. The quantitative estimate of drug-likeness (QED) is 0.459. The fraction of sp³-hybridized carbons (Fsp3) is 0.375. The van der Waals surface area contributed by atoms with E-state index in [-0.39, 0.29) is 5.91 Å². The second-order valence-corrected chi connectivity index (χ2v) is 9.12. The first kappa shape index (κ1) is 20.1. The number of para-hydroxylation sites is 2. The summed E-state index contributed by atoms with van der Waals surface area (Å²) < 4.78 is 7.98. The molecule has 1 heterocycles. The van der Waals surface area contributed by atoms with Crippen molar-refractivity contribution in [3.05, 3.63) is 66.0 Å². The van der Waals surface area contributed by atoms with Crippen LogP contribution in [0.1, 0.15) is 61.2 Å². The number of nitrogens with one attached hydrogen (secondary N) is 1. The van der Waals surface area contributed by atoms with Crippen molar-refractivity contribution in [3.8, 4) is 5.75 Å². The summed E-state index contributed by atoms with van der Waals surface area (Å²) in [5.41, 5.74) is 1.62. The van der Waals surface area contributed by atoms with E-state index in [1.54, 1.807) is 0 Å². The Labute approximate surface area is 186 Å². The van der Waals surface area contributed by atoms with Gasteiger partial charge in [-0.15, -0.1) is 10.2 Å². The van der Waals surface area contributed by atoms with E-state index < -0.39 is 5.25 Å². The summed E-state index contributed by atoms with van der Waals surface area (Å²) in [5.74, 6) is 2.21. The molecule has 0 bridgehead atoms. The number of amides is 1. The Hall–Kier alpha value is -2.80. The lowest BCUT2D eigenvalue weighted by atomic mass is 10.1. The van der Waals surface area contributed by atoms with Crippen LogP contribution in [0.15, 0.2) is 59.8 Å². The lowest BCUT2D eigenvalue weighted by Gasteiger charge is -2.18. The Bertz CT molecular complexity index is 1060. The zero-order valence-electron chi connectivity index (χ0n) is 17.5. The van der Waals surface area contributed by atoms with Gasteiger partial charge in [0, 0.05) is 12.0 Å². The third-order valence-corrected chi connectivity index (χ3v) is 6.77. The van der Waals surface area contributed by atoms with Crippen molar-refractivity contribution in [2.24, 2.45) is 0 Å². The van der Waals surface area contributed by atoms with E-state index in [1.807, 2.05) is 61.5 Å². The van der Waals surface area contributed by atoms with Gasteiger partial charge in [-0.05, 0) is 50.3 Å². The van der Waals surface area contributed by atoms with E-state index in [0.29, 0.717) is 30.0 Å². The van der Waals surface area contributed by atoms with E-state index in [2.05, 4.69) is 20.1 Å². The van der Waals surface area contributed by atoms with E-state index in [1.165, 1.54) is 24.6 Å². The van der Waals surface area contributed by atoms with Crippen molar-refractivity contribution in [2.75, 3.05) is 11.9 Å². The highest BCUT2D eigenvalue weighted by molar-refractivity contribution is 8.00. The van der Waals surface area contributed by atoms with Crippen LogP contribution in [-0.2, 0) is 4.79 Å². The molecule has 31 heavy (non-hydrogen) atoms. The van der Waals surface area contributed by atoms with Gasteiger partial charge in [-0.2, -0.15) is 0 Å². The van der Waals surface area contributed by atoms with Crippen LogP contribution in [0.2, 0.25) is 0 Å². The van der Waals surface area contributed by atoms with Crippen LogP contribution >= 0.6 is 11.8 Å². The van der Waals surface area contributed by atoms with Crippen LogP contribution in [0, 0.1) is 0 Å². The number of ether oxygens (including phenoxy) is 1. The normalized spacial score (nSPS) is 16.7. The van der Waals surface area contributed by atoms with Crippen LogP contribution in [0.3, 0.4) is 0 Å². The standard InChI is InChI=1S/C24H26N4O2S/c1-2-30-20-11-7-6-10-19(20)25-23(29)21(16-8-4-3-5-9-16)31-24-27-26-22(17-12-13-17)28(24)18-14-15-18/h3-11,17-18,21H,2,12-15H2,1H3,(H,25,29). The second-order valence-electron chi connectivity index (χ2n) is 8.04. The van der Waals surface area contributed by atoms with Crippen LogP contribution in [0.4, 0.5) is 5.69 Å². The van der Waals surface area contributed by atoms with Crippen LogP contribution in [-0.4, -0.2) is 27.3 Å². The van der Waals surface area contributed by atoms with Gasteiger partial charge in [0.05, 0.1) is 12.3 Å². The summed E-state index contributed by atoms with van der Waals surface area (Å²) in [6.07, 6.45) is 4.70. The van der Waals surface area contributed by atoms with Gasteiger partial charge in [-0.1, -0.05) is 54.2 Å². The van der Waals surface area contributed by atoms with Gasteiger partial charge < -0.3 is 14.6 Å². The van der Waals surface area contributed by atoms with Crippen molar-refractivity contribution in [1.82, 2.24) is 14.8 Å². The second kappa shape index (κ2) is 8.75. The summed E-state index contributed by atoms with van der Waals surface area (Å²) in [6, 6.07) is 17.9. The zero-order valence-corrected chi connectivity index (χ0v) is 18.3. The third kappa shape index (κ3) is 4.46. The van der Waals surface area contributed by atoms with Crippen LogP contribution in [0.25, 0.3) is 0 Å². The number of nitrogens with zero attached hydrogens (tertiary/aromatic N) is 3. The van der Waals surface area contributed by atoms with Crippen molar-refractivity contribution < 1.29 is 9.53 Å². The van der Waals surface area contributed by atoms with Gasteiger partial charge in [0.1, 0.15) is 16.8 Å². The maximum Gasteiger partial charge on any atom is 0.242 e. The number of carbonyl (C=O) groups is 1. The van der Waals surface area contributed by atoms with Crippen molar-refractivity contribution in [2.45, 2.75) is 55.0 Å². The van der Waals surface area contributed by atoms with E-state index in [9.17, 15) is 4.79 Å². The highest BCUT2D eigenvalue weighted by Gasteiger charge is 2.37. The van der Waals surface area contributed by atoms with E-state index in [0.717, 1.165) is 29.4 Å². The van der Waals surface area contributed by atoms with Gasteiger partial charge in [0.2, 0.25) is 5.91 Å². The van der Waals surface area contributed by atoms with Crippen LogP contribution in [0.5, 0.6) is 5.75 Å². The monoisotopic (exact) mass is 434 g/mol. The third-order valence-electron chi connectivity index (χ3n) is 5.55. The van der Waals surface area contributed by atoms with E-state index >= 15 is 0 Å². The first-order valence-electron chi connectivity index (χ1n) is 10.9. The van der Waals surface area contributed by atoms with Gasteiger partial charge in [0.25, 0.3) is 0 Å². The molecule has 2 aliphatic carbocycles. The molecule has 0 radical (unpaired) electrons. The number of benzene rings is 2. The smallest absolute Gasteiger partial charge is 0.242 e. The number of aromatic nitrogens is 3. The first-order chi connectivity index (χ1) is 15.2. The predicted octanol–water partition coefficient (Wildman–Crippen LogP) is 5.36. The number of hydrogen-bond acceptors (Lipinski definition) is 5. The van der Waals surface area contributed by atoms with Crippen molar-refractivity contribution in [1.29, 1.82) is 0 Å². The van der Waals surface area contributed by atoms with Crippen molar-refractivity contribution >= 4 is 23.4 Å². The lowest BCUT2D eigenvalue weighted by Crippen LogP contribution is -2.20. The largest absolute Gasteiger partial charge is 0.492 e. The average Bonchev–Trinajstić information content (AvgIpc) is 3.73.